The van der Waals surface area contributed by atoms with E-state index in [1.807, 2.05) is 29.1 Å². The van der Waals surface area contributed by atoms with E-state index in [1.54, 1.807) is 6.20 Å². The number of hydrogen-bond donors (Lipinski definition) is 1. The van der Waals surface area contributed by atoms with Crippen molar-refractivity contribution in [2.75, 3.05) is 6.54 Å². The van der Waals surface area contributed by atoms with Crippen LogP contribution in [0.15, 0.2) is 47.1 Å². The molecule has 0 aliphatic heterocycles. The molecule has 0 bridgehead atoms. The average Bonchev–Trinajstić information content (AvgIpc) is 3.13. The van der Waals surface area contributed by atoms with Crippen LogP contribution in [0.2, 0.25) is 0 Å². The van der Waals surface area contributed by atoms with E-state index in [0.29, 0.717) is 0 Å². The van der Waals surface area contributed by atoms with E-state index in [1.165, 1.54) is 10.9 Å². The topological polar surface area (TPSA) is 43.0 Å². The molecule has 1 aromatic carbocycles. The number of rotatable bonds is 6. The third kappa shape index (κ3) is 2.85. The summed E-state index contributed by atoms with van der Waals surface area (Å²) in [6.07, 6.45) is 4.76. The first kappa shape index (κ1) is 13.9. The highest BCUT2D eigenvalue weighted by Crippen LogP contribution is 2.30. The molecule has 3 aromatic rings. The van der Waals surface area contributed by atoms with Crippen molar-refractivity contribution in [3.63, 3.8) is 0 Å². The lowest BCUT2D eigenvalue weighted by Gasteiger charge is -2.13. The fraction of sp³-hybridized carbons (Fsp3) is 0.353. The molecule has 0 amide bonds. The molecule has 1 atom stereocenters. The molecule has 1 unspecified atom stereocenters. The molecule has 0 aliphatic carbocycles. The van der Waals surface area contributed by atoms with Crippen molar-refractivity contribution in [3.8, 4) is 0 Å². The second-order valence-electron chi connectivity index (χ2n) is 5.24. The van der Waals surface area contributed by atoms with Crippen LogP contribution in [0.25, 0.3) is 11.0 Å². The summed E-state index contributed by atoms with van der Waals surface area (Å²) in [6.45, 7) is 6.05. The van der Waals surface area contributed by atoms with E-state index >= 15 is 0 Å². The van der Waals surface area contributed by atoms with Crippen LogP contribution in [-0.2, 0) is 13.0 Å². The molecule has 0 aliphatic rings. The van der Waals surface area contributed by atoms with E-state index in [9.17, 15) is 0 Å². The van der Waals surface area contributed by atoms with Crippen LogP contribution in [0.3, 0.4) is 0 Å². The van der Waals surface area contributed by atoms with Crippen molar-refractivity contribution >= 4 is 11.0 Å². The van der Waals surface area contributed by atoms with Gasteiger partial charge >= 0.3 is 0 Å². The fourth-order valence-electron chi connectivity index (χ4n) is 2.75. The molecule has 0 spiro atoms. The second-order valence-corrected chi connectivity index (χ2v) is 5.24. The molecule has 4 nitrogen and oxygen atoms in total. The van der Waals surface area contributed by atoms with Gasteiger partial charge in [0.05, 0.1) is 12.6 Å². The van der Waals surface area contributed by atoms with Crippen molar-refractivity contribution < 1.29 is 4.42 Å². The van der Waals surface area contributed by atoms with Crippen molar-refractivity contribution in [3.05, 3.63) is 54.0 Å². The van der Waals surface area contributed by atoms with E-state index in [-0.39, 0.29) is 6.04 Å². The Morgan fingerprint density at radius 2 is 2.14 bits per heavy atom. The standard InChI is InChI=1S/C17H21N3O/c1-3-14-15-7-4-5-8-16(15)21-17(14)13(2)18-10-12-20-11-6-9-19-20/h4-9,11,13,18H,3,10,12H2,1-2H3. The summed E-state index contributed by atoms with van der Waals surface area (Å²) < 4.78 is 7.98. The van der Waals surface area contributed by atoms with Gasteiger partial charge in [0.15, 0.2) is 0 Å². The smallest absolute Gasteiger partial charge is 0.134 e. The summed E-state index contributed by atoms with van der Waals surface area (Å²) in [5.74, 6) is 1.05. The van der Waals surface area contributed by atoms with Gasteiger partial charge in [0.1, 0.15) is 11.3 Å². The number of furan rings is 1. The first-order valence-corrected chi connectivity index (χ1v) is 7.50. The number of aromatic nitrogens is 2. The third-order valence-electron chi connectivity index (χ3n) is 3.83. The van der Waals surface area contributed by atoms with Crippen LogP contribution in [0, 0.1) is 0 Å². The summed E-state index contributed by atoms with van der Waals surface area (Å²) >= 11 is 0. The van der Waals surface area contributed by atoms with E-state index in [4.69, 9.17) is 4.42 Å². The first-order valence-electron chi connectivity index (χ1n) is 7.50. The molecule has 110 valence electrons. The zero-order valence-corrected chi connectivity index (χ0v) is 12.5. The minimum absolute atomic E-state index is 0.197. The summed E-state index contributed by atoms with van der Waals surface area (Å²) in [4.78, 5) is 0. The molecule has 0 radical (unpaired) electrons. The quantitative estimate of drug-likeness (QED) is 0.752. The van der Waals surface area contributed by atoms with Gasteiger partial charge in [-0.1, -0.05) is 25.1 Å². The Balaban J connectivity index is 1.73. The minimum atomic E-state index is 0.197. The predicted molar refractivity (Wildman–Crippen MR) is 84.2 cm³/mol. The molecule has 21 heavy (non-hydrogen) atoms. The maximum atomic E-state index is 6.05. The van der Waals surface area contributed by atoms with Gasteiger partial charge in [-0.15, -0.1) is 0 Å². The monoisotopic (exact) mass is 283 g/mol. The summed E-state index contributed by atoms with van der Waals surface area (Å²) in [5.41, 5.74) is 2.29. The van der Waals surface area contributed by atoms with Crippen LogP contribution in [0.5, 0.6) is 0 Å². The number of nitrogens with one attached hydrogen (secondary N) is 1. The second kappa shape index (κ2) is 6.14. The van der Waals surface area contributed by atoms with Gasteiger partial charge in [-0.05, 0) is 25.5 Å². The molecular formula is C17H21N3O. The molecule has 1 N–H and O–H groups in total. The Morgan fingerprint density at radius 1 is 1.29 bits per heavy atom. The Hall–Kier alpha value is -2.07. The van der Waals surface area contributed by atoms with Crippen LogP contribution in [0.4, 0.5) is 0 Å². The van der Waals surface area contributed by atoms with Gasteiger partial charge in [0.25, 0.3) is 0 Å². The highest BCUT2D eigenvalue weighted by atomic mass is 16.3. The van der Waals surface area contributed by atoms with Crippen molar-refractivity contribution in [1.82, 2.24) is 15.1 Å². The minimum Gasteiger partial charge on any atom is -0.459 e. The van der Waals surface area contributed by atoms with E-state index < -0.39 is 0 Å². The summed E-state index contributed by atoms with van der Waals surface area (Å²) in [6, 6.07) is 10.4. The van der Waals surface area contributed by atoms with Crippen molar-refractivity contribution in [2.45, 2.75) is 32.9 Å². The number of nitrogens with zero attached hydrogens (tertiary/aromatic N) is 2. The lowest BCUT2D eigenvalue weighted by atomic mass is 10.1. The van der Waals surface area contributed by atoms with Gasteiger partial charge in [-0.3, -0.25) is 4.68 Å². The van der Waals surface area contributed by atoms with Gasteiger partial charge in [0.2, 0.25) is 0 Å². The number of aryl methyl sites for hydroxylation is 1. The maximum absolute atomic E-state index is 6.05. The van der Waals surface area contributed by atoms with Gasteiger partial charge in [0, 0.05) is 29.9 Å². The normalized spacial score (nSPS) is 12.9. The van der Waals surface area contributed by atoms with Gasteiger partial charge < -0.3 is 9.73 Å². The lowest BCUT2D eigenvalue weighted by Crippen LogP contribution is -2.23. The molecule has 2 heterocycles. The Morgan fingerprint density at radius 3 is 2.90 bits per heavy atom. The lowest BCUT2D eigenvalue weighted by molar-refractivity contribution is 0.431. The molecule has 0 fully saturated rings. The zero-order chi connectivity index (χ0) is 14.7. The highest BCUT2D eigenvalue weighted by Gasteiger charge is 2.17. The molecule has 0 saturated carbocycles. The molecule has 0 saturated heterocycles. The van der Waals surface area contributed by atoms with Crippen LogP contribution in [0.1, 0.15) is 31.2 Å². The molecule has 3 rings (SSSR count). The van der Waals surface area contributed by atoms with Gasteiger partial charge in [-0.2, -0.15) is 5.10 Å². The molecular weight excluding hydrogens is 262 g/mol. The number of hydrogen-bond acceptors (Lipinski definition) is 3. The average molecular weight is 283 g/mol. The number of para-hydroxylation sites is 1. The van der Waals surface area contributed by atoms with E-state index in [2.05, 4.69) is 36.4 Å². The van der Waals surface area contributed by atoms with Gasteiger partial charge in [-0.25, -0.2) is 0 Å². The highest BCUT2D eigenvalue weighted by molar-refractivity contribution is 5.82. The SMILES string of the molecule is CCc1c(C(C)NCCn2cccn2)oc2ccccc12. The first-order chi connectivity index (χ1) is 10.3. The van der Waals surface area contributed by atoms with Crippen LogP contribution < -0.4 is 5.32 Å². The van der Waals surface area contributed by atoms with Crippen molar-refractivity contribution in [1.29, 1.82) is 0 Å². The van der Waals surface area contributed by atoms with Crippen molar-refractivity contribution in [2.24, 2.45) is 0 Å². The van der Waals surface area contributed by atoms with E-state index in [0.717, 1.165) is 30.9 Å². The Labute approximate surface area is 124 Å². The molecule has 4 heteroatoms. The predicted octanol–water partition coefficient (Wildman–Crippen LogP) is 3.54. The maximum Gasteiger partial charge on any atom is 0.134 e. The Bertz CT molecular complexity index is 700. The Kier molecular flexibility index (Phi) is 4.06. The number of fused-ring (bicyclic) bond motifs is 1. The zero-order valence-electron chi connectivity index (χ0n) is 12.5. The largest absolute Gasteiger partial charge is 0.459 e. The summed E-state index contributed by atoms with van der Waals surface area (Å²) in [7, 11) is 0. The fourth-order valence-corrected chi connectivity index (χ4v) is 2.75. The van der Waals surface area contributed by atoms with Crippen LogP contribution >= 0.6 is 0 Å². The van der Waals surface area contributed by atoms with Crippen LogP contribution in [-0.4, -0.2) is 16.3 Å². The third-order valence-corrected chi connectivity index (χ3v) is 3.83. The summed E-state index contributed by atoms with van der Waals surface area (Å²) in [5, 5.41) is 8.96. The number of benzene rings is 1. The molecule has 2 aromatic heterocycles.